The lowest BCUT2D eigenvalue weighted by Crippen LogP contribution is -2.23. The summed E-state index contributed by atoms with van der Waals surface area (Å²) in [6, 6.07) is 7.30. The Balaban J connectivity index is 2.58. The number of hydrogen-bond acceptors (Lipinski definition) is 2. The predicted molar refractivity (Wildman–Crippen MR) is 78.9 cm³/mol. The Morgan fingerprint density at radius 3 is 2.16 bits per heavy atom. The molecule has 0 aromatic heterocycles. The summed E-state index contributed by atoms with van der Waals surface area (Å²) in [5.74, 6) is 0.358. The third-order valence-corrected chi connectivity index (χ3v) is 3.65. The third kappa shape index (κ3) is 5.03. The standard InChI is InChI=1S/C16H25NO2/c1-11(16(3,4)5)10-15(19)17-14-8-6-13(7-9-14)12(2)18/h6-9,11-12,18H,10H2,1-5H3,(H,17,19). The lowest BCUT2D eigenvalue weighted by atomic mass is 9.80. The topological polar surface area (TPSA) is 49.3 Å². The molecule has 0 saturated heterocycles. The van der Waals surface area contributed by atoms with Crippen molar-refractivity contribution in [2.75, 3.05) is 5.32 Å². The molecule has 3 nitrogen and oxygen atoms in total. The van der Waals surface area contributed by atoms with Gasteiger partial charge in [-0.2, -0.15) is 0 Å². The molecular weight excluding hydrogens is 238 g/mol. The average molecular weight is 263 g/mol. The van der Waals surface area contributed by atoms with E-state index in [0.717, 1.165) is 11.3 Å². The predicted octanol–water partition coefficient (Wildman–Crippen LogP) is 3.75. The fourth-order valence-electron chi connectivity index (χ4n) is 1.64. The fraction of sp³-hybridized carbons (Fsp3) is 0.562. The van der Waals surface area contributed by atoms with Gasteiger partial charge in [-0.25, -0.2) is 0 Å². The molecule has 0 radical (unpaired) electrons. The quantitative estimate of drug-likeness (QED) is 0.869. The van der Waals surface area contributed by atoms with E-state index >= 15 is 0 Å². The monoisotopic (exact) mass is 263 g/mol. The maximum absolute atomic E-state index is 11.9. The van der Waals surface area contributed by atoms with E-state index < -0.39 is 6.10 Å². The molecule has 3 heteroatoms. The lowest BCUT2D eigenvalue weighted by Gasteiger charge is -2.26. The van der Waals surface area contributed by atoms with Crippen molar-refractivity contribution in [1.82, 2.24) is 0 Å². The van der Waals surface area contributed by atoms with Crippen LogP contribution in [0.25, 0.3) is 0 Å². The van der Waals surface area contributed by atoms with Gasteiger partial charge in [0.2, 0.25) is 5.91 Å². The number of anilines is 1. The normalized spacial score (nSPS) is 14.8. The van der Waals surface area contributed by atoms with E-state index in [4.69, 9.17) is 0 Å². The van der Waals surface area contributed by atoms with Crippen LogP contribution in [0.15, 0.2) is 24.3 Å². The van der Waals surface area contributed by atoms with Crippen LogP contribution in [-0.2, 0) is 4.79 Å². The number of carbonyl (C=O) groups excluding carboxylic acids is 1. The smallest absolute Gasteiger partial charge is 0.224 e. The molecule has 0 aliphatic heterocycles. The van der Waals surface area contributed by atoms with Gasteiger partial charge < -0.3 is 10.4 Å². The fourth-order valence-corrected chi connectivity index (χ4v) is 1.64. The Morgan fingerprint density at radius 1 is 1.21 bits per heavy atom. The number of aliphatic hydroxyl groups is 1. The van der Waals surface area contributed by atoms with Crippen molar-refractivity contribution in [2.24, 2.45) is 11.3 Å². The van der Waals surface area contributed by atoms with Crippen molar-refractivity contribution in [3.63, 3.8) is 0 Å². The molecule has 2 N–H and O–H groups in total. The van der Waals surface area contributed by atoms with Crippen LogP contribution < -0.4 is 5.32 Å². The van der Waals surface area contributed by atoms with Crippen LogP contribution in [0.2, 0.25) is 0 Å². The van der Waals surface area contributed by atoms with Gasteiger partial charge in [0.05, 0.1) is 6.10 Å². The van der Waals surface area contributed by atoms with Crippen LogP contribution in [0.3, 0.4) is 0 Å². The molecule has 0 spiro atoms. The minimum Gasteiger partial charge on any atom is -0.389 e. The molecule has 19 heavy (non-hydrogen) atoms. The molecule has 2 atom stereocenters. The second kappa shape index (κ2) is 6.20. The summed E-state index contributed by atoms with van der Waals surface area (Å²) in [7, 11) is 0. The Hall–Kier alpha value is -1.35. The summed E-state index contributed by atoms with van der Waals surface area (Å²) in [5.41, 5.74) is 1.75. The molecule has 1 amide bonds. The Kier molecular flexibility index (Phi) is 5.12. The lowest BCUT2D eigenvalue weighted by molar-refractivity contribution is -0.117. The number of nitrogens with one attached hydrogen (secondary N) is 1. The van der Waals surface area contributed by atoms with Gasteiger partial charge in [0.25, 0.3) is 0 Å². The van der Waals surface area contributed by atoms with E-state index in [1.807, 2.05) is 24.3 Å². The van der Waals surface area contributed by atoms with Crippen molar-refractivity contribution in [3.05, 3.63) is 29.8 Å². The first-order valence-corrected chi connectivity index (χ1v) is 6.78. The summed E-state index contributed by atoms with van der Waals surface area (Å²) >= 11 is 0. The van der Waals surface area contributed by atoms with E-state index in [1.54, 1.807) is 6.92 Å². The van der Waals surface area contributed by atoms with Gasteiger partial charge in [-0.3, -0.25) is 4.79 Å². The van der Waals surface area contributed by atoms with E-state index in [0.29, 0.717) is 12.3 Å². The number of hydrogen-bond donors (Lipinski definition) is 2. The third-order valence-electron chi connectivity index (χ3n) is 3.65. The molecule has 0 aliphatic carbocycles. The van der Waals surface area contributed by atoms with Crippen LogP contribution in [0.4, 0.5) is 5.69 Å². The maximum atomic E-state index is 11.9. The van der Waals surface area contributed by atoms with E-state index in [9.17, 15) is 9.90 Å². The molecule has 0 bridgehead atoms. The van der Waals surface area contributed by atoms with Crippen molar-refractivity contribution >= 4 is 11.6 Å². The second-order valence-electron chi connectivity index (χ2n) is 6.32. The van der Waals surface area contributed by atoms with Gasteiger partial charge in [-0.05, 0) is 36.0 Å². The molecule has 0 heterocycles. The zero-order valence-electron chi connectivity index (χ0n) is 12.5. The van der Waals surface area contributed by atoms with Crippen molar-refractivity contribution in [3.8, 4) is 0 Å². The zero-order valence-corrected chi connectivity index (χ0v) is 12.5. The highest BCUT2D eigenvalue weighted by Crippen LogP contribution is 2.28. The highest BCUT2D eigenvalue weighted by molar-refractivity contribution is 5.90. The summed E-state index contributed by atoms with van der Waals surface area (Å²) in [6.07, 6.45) is 0.0347. The van der Waals surface area contributed by atoms with Crippen molar-refractivity contribution in [2.45, 2.75) is 47.1 Å². The summed E-state index contributed by atoms with van der Waals surface area (Å²) in [6.45, 7) is 10.2. The molecule has 0 aliphatic rings. The van der Waals surface area contributed by atoms with Crippen LogP contribution >= 0.6 is 0 Å². The highest BCUT2D eigenvalue weighted by Gasteiger charge is 2.22. The Bertz CT molecular complexity index is 415. The van der Waals surface area contributed by atoms with Gasteiger partial charge in [0.15, 0.2) is 0 Å². The van der Waals surface area contributed by atoms with Crippen molar-refractivity contribution in [1.29, 1.82) is 0 Å². The van der Waals surface area contributed by atoms with E-state index in [2.05, 4.69) is 33.0 Å². The molecule has 2 unspecified atom stereocenters. The molecule has 1 aromatic carbocycles. The van der Waals surface area contributed by atoms with E-state index in [1.165, 1.54) is 0 Å². The maximum Gasteiger partial charge on any atom is 0.224 e. The first-order valence-electron chi connectivity index (χ1n) is 6.78. The number of carbonyl (C=O) groups is 1. The number of amides is 1. The number of rotatable bonds is 4. The van der Waals surface area contributed by atoms with Crippen LogP contribution in [0, 0.1) is 11.3 Å². The summed E-state index contributed by atoms with van der Waals surface area (Å²) < 4.78 is 0. The summed E-state index contributed by atoms with van der Waals surface area (Å²) in [4.78, 5) is 11.9. The van der Waals surface area contributed by atoms with Gasteiger partial charge in [0.1, 0.15) is 0 Å². The van der Waals surface area contributed by atoms with Crippen LogP contribution in [0.5, 0.6) is 0 Å². The Labute approximate surface area is 116 Å². The summed E-state index contributed by atoms with van der Waals surface area (Å²) in [5, 5.41) is 12.3. The van der Waals surface area contributed by atoms with E-state index in [-0.39, 0.29) is 11.3 Å². The van der Waals surface area contributed by atoms with Crippen molar-refractivity contribution < 1.29 is 9.90 Å². The largest absolute Gasteiger partial charge is 0.389 e. The van der Waals surface area contributed by atoms with Crippen LogP contribution in [0.1, 0.15) is 52.7 Å². The molecule has 1 aromatic rings. The van der Waals surface area contributed by atoms with Gasteiger partial charge in [0, 0.05) is 12.1 Å². The second-order valence-corrected chi connectivity index (χ2v) is 6.32. The average Bonchev–Trinajstić information content (AvgIpc) is 2.28. The molecule has 106 valence electrons. The van der Waals surface area contributed by atoms with Gasteiger partial charge >= 0.3 is 0 Å². The van der Waals surface area contributed by atoms with Crippen LogP contribution in [-0.4, -0.2) is 11.0 Å². The number of aliphatic hydroxyl groups excluding tert-OH is 1. The zero-order chi connectivity index (χ0) is 14.6. The molecule has 0 saturated carbocycles. The SMILES string of the molecule is CC(O)c1ccc(NC(=O)CC(C)C(C)(C)C)cc1. The molecule has 1 rings (SSSR count). The first kappa shape index (κ1) is 15.7. The Morgan fingerprint density at radius 2 is 1.74 bits per heavy atom. The molecular formula is C16H25NO2. The van der Waals surface area contributed by atoms with Gasteiger partial charge in [-0.1, -0.05) is 39.8 Å². The number of benzene rings is 1. The minimum atomic E-state index is -0.481. The highest BCUT2D eigenvalue weighted by atomic mass is 16.3. The minimum absolute atomic E-state index is 0.0345. The van der Waals surface area contributed by atoms with Gasteiger partial charge in [-0.15, -0.1) is 0 Å². The molecule has 0 fully saturated rings. The first-order chi connectivity index (χ1) is 8.70.